The van der Waals surface area contributed by atoms with Crippen molar-refractivity contribution in [2.24, 2.45) is 0 Å². The van der Waals surface area contributed by atoms with Crippen LogP contribution in [0.4, 0.5) is 0 Å². The quantitative estimate of drug-likeness (QED) is 0.431. The molecule has 28 heavy (non-hydrogen) atoms. The van der Waals surface area contributed by atoms with Crippen molar-refractivity contribution in [3.05, 3.63) is 93.2 Å². The molecule has 0 aliphatic carbocycles. The average molecular weight is 391 g/mol. The molecule has 0 saturated heterocycles. The lowest BCUT2D eigenvalue weighted by atomic mass is 10.2. The van der Waals surface area contributed by atoms with E-state index in [-0.39, 0.29) is 11.1 Å². The highest BCUT2D eigenvalue weighted by Crippen LogP contribution is 2.17. The molecule has 0 unspecified atom stereocenters. The molecule has 0 bridgehead atoms. The molecular weight excluding hydrogens is 380 g/mol. The predicted molar refractivity (Wildman–Crippen MR) is 105 cm³/mol. The molecule has 0 saturated carbocycles. The van der Waals surface area contributed by atoms with E-state index >= 15 is 0 Å². The van der Waals surface area contributed by atoms with Gasteiger partial charge in [0.15, 0.2) is 0 Å². The largest absolute Gasteiger partial charge is 0.284 e. The highest BCUT2D eigenvalue weighted by Gasteiger charge is 2.11. The van der Waals surface area contributed by atoms with Crippen molar-refractivity contribution >= 4 is 33.4 Å². The standard InChI is InChI=1S/C19H11ClN6O2/c20-12-2-1-3-13(8-12)25-6-4-16-14(18(25)27)9-15-17(23-16)5-7-26(19(15)28)24-10-21-22-11-24/h1-11H. The van der Waals surface area contributed by atoms with Crippen LogP contribution in [-0.4, -0.2) is 29.1 Å². The van der Waals surface area contributed by atoms with Crippen LogP contribution < -0.4 is 11.1 Å². The first-order valence-electron chi connectivity index (χ1n) is 8.31. The summed E-state index contributed by atoms with van der Waals surface area (Å²) in [6.07, 6.45) is 6.05. The number of rotatable bonds is 2. The third-order valence-corrected chi connectivity index (χ3v) is 4.70. The van der Waals surface area contributed by atoms with Gasteiger partial charge in [0.05, 0.1) is 27.5 Å². The summed E-state index contributed by atoms with van der Waals surface area (Å²) < 4.78 is 4.26. The predicted octanol–water partition coefficient (Wildman–Crippen LogP) is 2.26. The number of fused-ring (bicyclic) bond motifs is 2. The lowest BCUT2D eigenvalue weighted by Gasteiger charge is -2.09. The van der Waals surface area contributed by atoms with Crippen LogP contribution in [0.25, 0.3) is 27.5 Å². The van der Waals surface area contributed by atoms with Crippen molar-refractivity contribution in [2.45, 2.75) is 0 Å². The molecule has 0 aliphatic heterocycles. The van der Waals surface area contributed by atoms with E-state index in [0.29, 0.717) is 32.5 Å². The van der Waals surface area contributed by atoms with Crippen LogP contribution in [0.5, 0.6) is 0 Å². The highest BCUT2D eigenvalue weighted by atomic mass is 35.5. The fourth-order valence-corrected chi connectivity index (χ4v) is 3.32. The van der Waals surface area contributed by atoms with Gasteiger partial charge in [-0.3, -0.25) is 14.2 Å². The molecule has 0 amide bonds. The van der Waals surface area contributed by atoms with Crippen molar-refractivity contribution in [2.75, 3.05) is 0 Å². The van der Waals surface area contributed by atoms with Crippen molar-refractivity contribution in [1.82, 2.24) is 29.1 Å². The minimum absolute atomic E-state index is 0.284. The molecule has 0 fully saturated rings. The molecule has 0 N–H and O–H groups in total. The Bertz CT molecular complexity index is 1470. The maximum Gasteiger partial charge on any atom is 0.279 e. The van der Waals surface area contributed by atoms with Gasteiger partial charge in [-0.05, 0) is 36.4 Å². The van der Waals surface area contributed by atoms with Crippen molar-refractivity contribution in [3.63, 3.8) is 0 Å². The number of hydrogen-bond donors (Lipinski definition) is 0. The summed E-state index contributed by atoms with van der Waals surface area (Å²) >= 11 is 6.05. The van der Waals surface area contributed by atoms with E-state index in [9.17, 15) is 9.59 Å². The van der Waals surface area contributed by atoms with Crippen molar-refractivity contribution < 1.29 is 0 Å². The van der Waals surface area contributed by atoms with Crippen LogP contribution in [0.1, 0.15) is 0 Å². The van der Waals surface area contributed by atoms with E-state index in [1.807, 2.05) is 0 Å². The SMILES string of the molecule is O=c1c2cc3c(=O)n(-n4cnnc4)ccc3nc2ccn1-c1cccc(Cl)c1. The van der Waals surface area contributed by atoms with Gasteiger partial charge in [-0.1, -0.05) is 17.7 Å². The fourth-order valence-electron chi connectivity index (χ4n) is 3.13. The van der Waals surface area contributed by atoms with E-state index in [4.69, 9.17) is 11.6 Å². The molecule has 0 atom stereocenters. The fraction of sp³-hybridized carbons (Fsp3) is 0. The van der Waals surface area contributed by atoms with Gasteiger partial charge in [0.2, 0.25) is 0 Å². The molecule has 0 aliphatic rings. The number of pyridine rings is 3. The lowest BCUT2D eigenvalue weighted by molar-refractivity contribution is 0.632. The summed E-state index contributed by atoms with van der Waals surface area (Å²) in [5.41, 5.74) is 1.03. The topological polar surface area (TPSA) is 87.6 Å². The minimum atomic E-state index is -0.329. The summed E-state index contributed by atoms with van der Waals surface area (Å²) in [5.74, 6) is 0. The van der Waals surface area contributed by atoms with Gasteiger partial charge in [0.25, 0.3) is 11.1 Å². The van der Waals surface area contributed by atoms with E-state index in [1.54, 1.807) is 54.9 Å². The van der Waals surface area contributed by atoms with Crippen molar-refractivity contribution in [3.8, 4) is 5.69 Å². The summed E-state index contributed by atoms with van der Waals surface area (Å²) in [6, 6.07) is 12.0. The maximum absolute atomic E-state index is 13.1. The second kappa shape index (κ2) is 6.14. The summed E-state index contributed by atoms with van der Waals surface area (Å²) in [7, 11) is 0. The molecule has 9 heteroatoms. The van der Waals surface area contributed by atoms with Crippen LogP contribution in [0.3, 0.4) is 0 Å². The van der Waals surface area contributed by atoms with Gasteiger partial charge in [-0.15, -0.1) is 10.2 Å². The zero-order valence-corrected chi connectivity index (χ0v) is 15.0. The number of aromatic nitrogens is 6. The van der Waals surface area contributed by atoms with Gasteiger partial charge in [0, 0.05) is 17.4 Å². The Hall–Kier alpha value is -3.78. The molecule has 0 spiro atoms. The lowest BCUT2D eigenvalue weighted by Crippen LogP contribution is -2.25. The molecule has 5 aromatic rings. The first kappa shape index (κ1) is 16.4. The van der Waals surface area contributed by atoms with E-state index in [1.165, 1.54) is 26.6 Å². The van der Waals surface area contributed by atoms with Crippen molar-refractivity contribution in [1.29, 1.82) is 0 Å². The zero-order valence-electron chi connectivity index (χ0n) is 14.2. The normalized spacial score (nSPS) is 11.3. The Labute approximate surface area is 161 Å². The van der Waals surface area contributed by atoms with Crippen LogP contribution in [-0.2, 0) is 0 Å². The second-order valence-corrected chi connectivity index (χ2v) is 6.57. The summed E-state index contributed by atoms with van der Waals surface area (Å²) in [6.45, 7) is 0. The van der Waals surface area contributed by atoms with Crippen LogP contribution in [0.15, 0.2) is 77.1 Å². The van der Waals surface area contributed by atoms with Gasteiger partial charge in [0.1, 0.15) is 12.7 Å². The molecule has 0 radical (unpaired) electrons. The van der Waals surface area contributed by atoms with Gasteiger partial charge in [-0.2, -0.15) is 0 Å². The number of halogens is 1. The Morgan fingerprint density at radius 3 is 2.29 bits per heavy atom. The zero-order chi connectivity index (χ0) is 19.3. The van der Waals surface area contributed by atoms with Gasteiger partial charge in [-0.25, -0.2) is 14.3 Å². The monoisotopic (exact) mass is 390 g/mol. The first-order valence-corrected chi connectivity index (χ1v) is 8.69. The van der Waals surface area contributed by atoms with E-state index < -0.39 is 0 Å². The van der Waals surface area contributed by atoms with Crippen LogP contribution in [0, 0.1) is 0 Å². The average Bonchev–Trinajstić information content (AvgIpc) is 3.22. The Morgan fingerprint density at radius 1 is 0.821 bits per heavy atom. The third-order valence-electron chi connectivity index (χ3n) is 4.47. The van der Waals surface area contributed by atoms with Crippen LogP contribution >= 0.6 is 11.6 Å². The van der Waals surface area contributed by atoms with Crippen LogP contribution in [0.2, 0.25) is 5.02 Å². The molecule has 8 nitrogen and oxygen atoms in total. The molecule has 1 aromatic carbocycles. The molecule has 4 aromatic heterocycles. The summed E-state index contributed by atoms with van der Waals surface area (Å²) in [5, 5.41) is 8.61. The smallest absolute Gasteiger partial charge is 0.279 e. The molecular formula is C19H11ClN6O2. The number of hydrogen-bond acceptors (Lipinski definition) is 5. The highest BCUT2D eigenvalue weighted by molar-refractivity contribution is 6.30. The molecule has 5 rings (SSSR count). The Kier molecular flexibility index (Phi) is 3.59. The molecule has 4 heterocycles. The Balaban J connectivity index is 1.80. The van der Waals surface area contributed by atoms with Gasteiger partial charge < -0.3 is 0 Å². The number of benzene rings is 1. The van der Waals surface area contributed by atoms with E-state index in [0.717, 1.165) is 0 Å². The Morgan fingerprint density at radius 2 is 1.54 bits per heavy atom. The summed E-state index contributed by atoms with van der Waals surface area (Å²) in [4.78, 5) is 30.4. The minimum Gasteiger partial charge on any atom is -0.284 e. The van der Waals surface area contributed by atoms with Gasteiger partial charge >= 0.3 is 0 Å². The van der Waals surface area contributed by atoms with E-state index in [2.05, 4.69) is 15.2 Å². The molecule has 136 valence electrons. The first-order chi connectivity index (χ1) is 13.6. The third kappa shape index (κ3) is 2.50. The number of nitrogens with zero attached hydrogens (tertiary/aromatic N) is 6. The second-order valence-electron chi connectivity index (χ2n) is 6.13. The maximum atomic E-state index is 13.1.